The average molecular weight is 471 g/mol. The zero-order valence-corrected chi connectivity index (χ0v) is 18.2. The molecule has 1 N–H and O–H groups in total. The summed E-state index contributed by atoms with van der Waals surface area (Å²) in [6.07, 6.45) is 2.84. The van der Waals surface area contributed by atoms with Crippen LogP contribution in [0.1, 0.15) is 22.7 Å². The Hall–Kier alpha value is -3.78. The van der Waals surface area contributed by atoms with Crippen LogP contribution in [0.15, 0.2) is 60.4 Å². The molecular weight excluding hydrogens is 454 g/mol. The molecule has 1 unspecified atom stereocenters. The highest BCUT2D eigenvalue weighted by Crippen LogP contribution is 2.45. The summed E-state index contributed by atoms with van der Waals surface area (Å²) >= 11 is 6.25. The Labute approximate surface area is 192 Å². The number of anilines is 1. The molecule has 0 spiro atoms. The number of amides is 1. The molecule has 1 aliphatic heterocycles. The zero-order chi connectivity index (χ0) is 23.9. The van der Waals surface area contributed by atoms with Crippen molar-refractivity contribution in [2.24, 2.45) is 0 Å². The Morgan fingerprint density at radius 1 is 1.12 bits per heavy atom. The first kappa shape index (κ1) is 22.4. The smallest absolute Gasteiger partial charge is 0.300 e. The second-order valence-electron chi connectivity index (χ2n) is 7.37. The maximum Gasteiger partial charge on any atom is 0.300 e. The Morgan fingerprint density at radius 3 is 2.48 bits per heavy atom. The number of ether oxygens (including phenoxy) is 1. The molecular formula is C24H17ClF2N2O4. The number of rotatable bonds is 4. The molecule has 0 saturated carbocycles. The summed E-state index contributed by atoms with van der Waals surface area (Å²) in [5, 5.41) is 11.4. The number of benzene rings is 2. The molecule has 33 heavy (non-hydrogen) atoms. The van der Waals surface area contributed by atoms with E-state index in [1.54, 1.807) is 19.1 Å². The molecule has 0 bridgehead atoms. The summed E-state index contributed by atoms with van der Waals surface area (Å²) in [6, 6.07) is 7.49. The van der Waals surface area contributed by atoms with Gasteiger partial charge in [-0.3, -0.25) is 19.5 Å². The third-order valence-corrected chi connectivity index (χ3v) is 5.56. The minimum atomic E-state index is -1.26. The number of halogens is 3. The van der Waals surface area contributed by atoms with Crippen molar-refractivity contribution in [2.75, 3.05) is 12.0 Å². The first-order valence-corrected chi connectivity index (χ1v) is 10.1. The lowest BCUT2D eigenvalue weighted by Gasteiger charge is -2.25. The van der Waals surface area contributed by atoms with E-state index in [1.165, 1.54) is 31.6 Å². The highest BCUT2D eigenvalue weighted by molar-refractivity contribution is 6.51. The number of carbonyl (C=O) groups is 2. The molecule has 2 heterocycles. The molecule has 1 aliphatic rings. The molecule has 9 heteroatoms. The third-order valence-electron chi connectivity index (χ3n) is 5.28. The second-order valence-corrected chi connectivity index (χ2v) is 7.78. The van der Waals surface area contributed by atoms with Crippen LogP contribution in [0.3, 0.4) is 0 Å². The summed E-state index contributed by atoms with van der Waals surface area (Å²) in [4.78, 5) is 30.9. The molecule has 0 aliphatic carbocycles. The average Bonchev–Trinajstić information content (AvgIpc) is 3.05. The summed E-state index contributed by atoms with van der Waals surface area (Å²) in [6.45, 7) is 1.73. The zero-order valence-electron chi connectivity index (χ0n) is 17.5. The standard InChI is InChI=1S/C24H17ClF2N2O4/c1-12-9-15(23(33-2)16(25)10-12)21(30)19-20(13-5-7-28-8-6-13)29(24(32)22(19)31)18-11-14(26)3-4-17(18)27/h3-11,20,30H,1-2H3/b21-19+. The molecule has 1 aromatic heterocycles. The minimum Gasteiger partial charge on any atom is -0.507 e. The Morgan fingerprint density at radius 2 is 1.82 bits per heavy atom. The quantitative estimate of drug-likeness (QED) is 0.331. The predicted molar refractivity (Wildman–Crippen MR) is 118 cm³/mol. The van der Waals surface area contributed by atoms with Crippen LogP contribution in [0.25, 0.3) is 5.76 Å². The molecule has 168 valence electrons. The molecule has 1 atom stereocenters. The van der Waals surface area contributed by atoms with E-state index in [0.717, 1.165) is 23.1 Å². The van der Waals surface area contributed by atoms with E-state index >= 15 is 0 Å². The number of methoxy groups -OCH3 is 1. The van der Waals surface area contributed by atoms with Gasteiger partial charge in [-0.25, -0.2) is 8.78 Å². The summed E-state index contributed by atoms with van der Waals surface area (Å²) < 4.78 is 34.0. The van der Waals surface area contributed by atoms with Crippen LogP contribution in [0.4, 0.5) is 14.5 Å². The van der Waals surface area contributed by atoms with Gasteiger partial charge in [0.05, 0.1) is 35.0 Å². The molecule has 2 aromatic carbocycles. The summed E-state index contributed by atoms with van der Waals surface area (Å²) in [5.74, 6) is -4.37. The Kier molecular flexibility index (Phi) is 5.86. The van der Waals surface area contributed by atoms with Crippen molar-refractivity contribution in [3.63, 3.8) is 0 Å². The van der Waals surface area contributed by atoms with E-state index in [0.29, 0.717) is 11.1 Å². The van der Waals surface area contributed by atoms with Crippen molar-refractivity contribution in [1.82, 2.24) is 4.98 Å². The number of aliphatic hydroxyl groups is 1. The van der Waals surface area contributed by atoms with Gasteiger partial charge in [-0.2, -0.15) is 0 Å². The lowest BCUT2D eigenvalue weighted by Crippen LogP contribution is -2.30. The SMILES string of the molecule is COc1c(Cl)cc(C)cc1/C(O)=C1\C(=O)C(=O)N(c2cc(F)ccc2F)C1c1ccncc1. The van der Waals surface area contributed by atoms with Gasteiger partial charge in [0.25, 0.3) is 11.7 Å². The van der Waals surface area contributed by atoms with Crippen molar-refractivity contribution in [2.45, 2.75) is 13.0 Å². The number of nitrogens with zero attached hydrogens (tertiary/aromatic N) is 2. The normalized spacial score (nSPS) is 17.5. The van der Waals surface area contributed by atoms with Crippen molar-refractivity contribution >= 4 is 34.7 Å². The number of aryl methyl sites for hydroxylation is 1. The van der Waals surface area contributed by atoms with Gasteiger partial charge in [0.1, 0.15) is 23.1 Å². The fourth-order valence-electron chi connectivity index (χ4n) is 3.87. The third kappa shape index (κ3) is 3.82. The van der Waals surface area contributed by atoms with E-state index in [4.69, 9.17) is 16.3 Å². The first-order valence-electron chi connectivity index (χ1n) is 9.75. The Bertz CT molecular complexity index is 1310. The van der Waals surface area contributed by atoms with E-state index in [1.807, 2.05) is 0 Å². The second kappa shape index (κ2) is 8.63. The lowest BCUT2D eigenvalue weighted by molar-refractivity contribution is -0.132. The molecule has 0 radical (unpaired) electrons. The van der Waals surface area contributed by atoms with Crippen LogP contribution in [0.5, 0.6) is 5.75 Å². The molecule has 1 amide bonds. The van der Waals surface area contributed by atoms with Crippen LogP contribution in [0, 0.1) is 18.6 Å². The van der Waals surface area contributed by atoms with Crippen molar-refractivity contribution < 1.29 is 28.2 Å². The fraction of sp³-hybridized carbons (Fsp3) is 0.125. The molecule has 4 rings (SSSR count). The number of hydrogen-bond donors (Lipinski definition) is 1. The van der Waals surface area contributed by atoms with Gasteiger partial charge >= 0.3 is 0 Å². The van der Waals surface area contributed by atoms with E-state index in [2.05, 4.69) is 4.98 Å². The maximum absolute atomic E-state index is 14.7. The number of hydrogen-bond acceptors (Lipinski definition) is 5. The lowest BCUT2D eigenvalue weighted by atomic mass is 9.95. The van der Waals surface area contributed by atoms with Crippen molar-refractivity contribution in [3.05, 3.63) is 93.8 Å². The van der Waals surface area contributed by atoms with E-state index in [9.17, 15) is 23.5 Å². The van der Waals surface area contributed by atoms with E-state index < -0.39 is 40.8 Å². The van der Waals surface area contributed by atoms with Crippen molar-refractivity contribution in [3.8, 4) is 5.75 Å². The van der Waals surface area contributed by atoms with Crippen LogP contribution in [-0.4, -0.2) is 28.9 Å². The molecule has 3 aromatic rings. The number of aromatic nitrogens is 1. The van der Waals surface area contributed by atoms with E-state index in [-0.39, 0.29) is 21.9 Å². The number of ketones is 1. The fourth-order valence-corrected chi connectivity index (χ4v) is 4.22. The van der Waals surface area contributed by atoms with Crippen LogP contribution < -0.4 is 9.64 Å². The number of aliphatic hydroxyl groups excluding tert-OH is 1. The van der Waals surface area contributed by atoms with Gasteiger partial charge in [0, 0.05) is 18.5 Å². The monoisotopic (exact) mass is 470 g/mol. The largest absolute Gasteiger partial charge is 0.507 e. The van der Waals surface area contributed by atoms with Gasteiger partial charge in [-0.15, -0.1) is 0 Å². The van der Waals surface area contributed by atoms with Gasteiger partial charge in [-0.1, -0.05) is 11.6 Å². The van der Waals surface area contributed by atoms with Gasteiger partial charge < -0.3 is 9.84 Å². The summed E-state index contributed by atoms with van der Waals surface area (Å²) in [5.41, 5.74) is 0.335. The molecule has 1 fully saturated rings. The molecule has 1 saturated heterocycles. The topological polar surface area (TPSA) is 79.7 Å². The van der Waals surface area contributed by atoms with Crippen LogP contribution in [0.2, 0.25) is 5.02 Å². The highest BCUT2D eigenvalue weighted by atomic mass is 35.5. The van der Waals surface area contributed by atoms with Gasteiger partial charge in [0.15, 0.2) is 0 Å². The number of carbonyl (C=O) groups excluding carboxylic acids is 2. The maximum atomic E-state index is 14.7. The number of Topliss-reactive ketones (excluding diaryl/α,β-unsaturated/α-hetero) is 1. The Balaban J connectivity index is 2.03. The van der Waals surface area contributed by atoms with Gasteiger partial charge in [0.2, 0.25) is 0 Å². The highest BCUT2D eigenvalue weighted by Gasteiger charge is 2.48. The number of pyridine rings is 1. The van der Waals surface area contributed by atoms with Crippen LogP contribution in [-0.2, 0) is 9.59 Å². The van der Waals surface area contributed by atoms with Crippen molar-refractivity contribution in [1.29, 1.82) is 0 Å². The predicted octanol–water partition coefficient (Wildman–Crippen LogP) is 4.96. The minimum absolute atomic E-state index is 0.0827. The van der Waals surface area contributed by atoms with Crippen LogP contribution >= 0.6 is 11.6 Å². The molecule has 6 nitrogen and oxygen atoms in total. The first-order chi connectivity index (χ1) is 15.7. The summed E-state index contributed by atoms with van der Waals surface area (Å²) in [7, 11) is 1.34. The van der Waals surface area contributed by atoms with Gasteiger partial charge in [-0.05, 0) is 54.4 Å².